The van der Waals surface area contributed by atoms with Gasteiger partial charge in [0.2, 0.25) is 5.91 Å². The highest BCUT2D eigenvalue weighted by Gasteiger charge is 2.42. The molecule has 3 saturated carbocycles. The van der Waals surface area contributed by atoms with Crippen LogP contribution in [0.25, 0.3) is 0 Å². The van der Waals surface area contributed by atoms with Crippen molar-refractivity contribution in [3.05, 3.63) is 0 Å². The number of carbonyl (C=O) groups excluding carboxylic acids is 1. The predicted molar refractivity (Wildman–Crippen MR) is 79.9 cm³/mol. The van der Waals surface area contributed by atoms with Gasteiger partial charge in [-0.1, -0.05) is 19.3 Å². The summed E-state index contributed by atoms with van der Waals surface area (Å²) in [4.78, 5) is 12.6. The fraction of sp³-hybridized carbons (Fsp3) is 0.938. The van der Waals surface area contributed by atoms with Crippen LogP contribution in [0.5, 0.6) is 0 Å². The van der Waals surface area contributed by atoms with Crippen LogP contribution in [0.3, 0.4) is 0 Å². The molecule has 0 spiro atoms. The maximum atomic E-state index is 12.6. The molecule has 3 aliphatic carbocycles. The van der Waals surface area contributed by atoms with Gasteiger partial charge in [0.25, 0.3) is 0 Å². The van der Waals surface area contributed by atoms with E-state index >= 15 is 0 Å². The van der Waals surface area contributed by atoms with E-state index in [1.807, 2.05) is 0 Å². The summed E-state index contributed by atoms with van der Waals surface area (Å²) in [5.41, 5.74) is 12.1. The number of carbonyl (C=O) groups is 1. The first-order valence-corrected chi connectivity index (χ1v) is 8.41. The molecule has 5 N–H and O–H groups in total. The van der Waals surface area contributed by atoms with Crippen LogP contribution in [-0.4, -0.2) is 24.0 Å². The number of amides is 1. The second-order valence-electron chi connectivity index (χ2n) is 7.38. The van der Waals surface area contributed by atoms with Crippen LogP contribution >= 0.6 is 0 Å². The van der Waals surface area contributed by atoms with Gasteiger partial charge in [0.05, 0.1) is 5.54 Å². The molecule has 4 nitrogen and oxygen atoms in total. The molecule has 0 radical (unpaired) electrons. The molecule has 3 rings (SSSR count). The maximum Gasteiger partial charge on any atom is 0.223 e. The molecule has 2 bridgehead atoms. The van der Waals surface area contributed by atoms with Crippen molar-refractivity contribution in [1.29, 1.82) is 0 Å². The Morgan fingerprint density at radius 1 is 1.10 bits per heavy atom. The molecule has 0 aromatic heterocycles. The second-order valence-corrected chi connectivity index (χ2v) is 7.38. The van der Waals surface area contributed by atoms with Gasteiger partial charge in [-0.25, -0.2) is 0 Å². The molecule has 1 amide bonds. The van der Waals surface area contributed by atoms with Crippen LogP contribution in [0.2, 0.25) is 0 Å². The van der Waals surface area contributed by atoms with E-state index in [1.165, 1.54) is 32.1 Å². The van der Waals surface area contributed by atoms with Crippen LogP contribution in [0.15, 0.2) is 0 Å². The van der Waals surface area contributed by atoms with Crippen molar-refractivity contribution in [3.8, 4) is 0 Å². The number of hydrogen-bond acceptors (Lipinski definition) is 3. The summed E-state index contributed by atoms with van der Waals surface area (Å²) in [5.74, 6) is 1.56. The molecule has 2 atom stereocenters. The Bertz CT molecular complexity index is 351. The quantitative estimate of drug-likeness (QED) is 0.733. The van der Waals surface area contributed by atoms with Gasteiger partial charge in [0.15, 0.2) is 0 Å². The van der Waals surface area contributed by atoms with Gasteiger partial charge >= 0.3 is 0 Å². The summed E-state index contributed by atoms with van der Waals surface area (Å²) in [6, 6.07) is 0.336. The Kier molecular flexibility index (Phi) is 4.04. The zero-order valence-corrected chi connectivity index (χ0v) is 12.4. The molecule has 2 unspecified atom stereocenters. The van der Waals surface area contributed by atoms with Gasteiger partial charge in [-0.3, -0.25) is 4.79 Å². The molecule has 0 aromatic carbocycles. The van der Waals surface area contributed by atoms with Gasteiger partial charge in [0, 0.05) is 18.5 Å². The minimum absolute atomic E-state index is 0.105. The van der Waals surface area contributed by atoms with Crippen molar-refractivity contribution in [2.45, 2.75) is 69.4 Å². The van der Waals surface area contributed by atoms with Gasteiger partial charge in [-0.2, -0.15) is 0 Å². The van der Waals surface area contributed by atoms with E-state index in [-0.39, 0.29) is 17.4 Å². The number of nitrogens with one attached hydrogen (secondary N) is 1. The summed E-state index contributed by atoms with van der Waals surface area (Å²) in [5, 5.41) is 3.31. The summed E-state index contributed by atoms with van der Waals surface area (Å²) < 4.78 is 0. The third kappa shape index (κ3) is 2.60. The summed E-state index contributed by atoms with van der Waals surface area (Å²) in [6.45, 7) is 0.581. The summed E-state index contributed by atoms with van der Waals surface area (Å²) in [6.07, 6.45) is 10.2. The normalized spacial score (nSPS) is 39.5. The van der Waals surface area contributed by atoms with Crippen LogP contribution in [0.4, 0.5) is 0 Å². The Hall–Kier alpha value is -0.610. The Labute approximate surface area is 122 Å². The number of nitrogens with two attached hydrogens (primary N) is 2. The monoisotopic (exact) mass is 279 g/mol. The lowest BCUT2D eigenvalue weighted by molar-refractivity contribution is -0.129. The van der Waals surface area contributed by atoms with Crippen molar-refractivity contribution in [3.63, 3.8) is 0 Å². The molecule has 114 valence electrons. The Balaban J connectivity index is 1.63. The first-order chi connectivity index (χ1) is 9.63. The zero-order valence-electron chi connectivity index (χ0n) is 12.4. The highest BCUT2D eigenvalue weighted by Crippen LogP contribution is 2.42. The van der Waals surface area contributed by atoms with E-state index in [1.54, 1.807) is 0 Å². The molecule has 0 saturated heterocycles. The molecule has 0 aromatic rings. The summed E-state index contributed by atoms with van der Waals surface area (Å²) >= 11 is 0. The minimum Gasteiger partial charge on any atom is -0.349 e. The SMILES string of the molecule is NCC1(NC(=O)C2CC3CCCC(C2)C3N)CCCC1. The molecular weight excluding hydrogens is 250 g/mol. The van der Waals surface area contributed by atoms with Crippen LogP contribution in [0.1, 0.15) is 57.8 Å². The van der Waals surface area contributed by atoms with Crippen molar-refractivity contribution < 1.29 is 4.79 Å². The van der Waals surface area contributed by atoms with Crippen molar-refractivity contribution in [1.82, 2.24) is 5.32 Å². The number of rotatable bonds is 3. The number of fused-ring (bicyclic) bond motifs is 2. The Morgan fingerprint density at radius 2 is 1.70 bits per heavy atom. The Morgan fingerprint density at radius 3 is 2.25 bits per heavy atom. The standard InChI is InChI=1S/C16H29N3O/c17-10-16(6-1-2-7-16)19-15(20)13-8-11-4-3-5-12(9-13)14(11)18/h11-14H,1-10,17-18H2,(H,19,20). The third-order valence-corrected chi connectivity index (χ3v) is 6.12. The fourth-order valence-electron chi connectivity index (χ4n) is 4.80. The molecule has 3 aliphatic rings. The molecule has 0 aliphatic heterocycles. The molecule has 20 heavy (non-hydrogen) atoms. The summed E-state index contributed by atoms with van der Waals surface area (Å²) in [7, 11) is 0. The topological polar surface area (TPSA) is 81.1 Å². The maximum absolute atomic E-state index is 12.6. The van der Waals surface area contributed by atoms with E-state index in [2.05, 4.69) is 5.32 Å². The molecular formula is C16H29N3O. The van der Waals surface area contributed by atoms with E-state index in [4.69, 9.17) is 11.5 Å². The van der Waals surface area contributed by atoms with Crippen LogP contribution in [-0.2, 0) is 4.79 Å². The van der Waals surface area contributed by atoms with Crippen LogP contribution < -0.4 is 16.8 Å². The minimum atomic E-state index is -0.105. The average molecular weight is 279 g/mol. The van der Waals surface area contributed by atoms with Crippen molar-refractivity contribution in [2.75, 3.05) is 6.54 Å². The smallest absolute Gasteiger partial charge is 0.223 e. The highest BCUT2D eigenvalue weighted by molar-refractivity contribution is 5.79. The van der Waals surface area contributed by atoms with E-state index in [0.29, 0.717) is 24.4 Å². The van der Waals surface area contributed by atoms with E-state index < -0.39 is 0 Å². The first kappa shape index (κ1) is 14.3. The van der Waals surface area contributed by atoms with Gasteiger partial charge < -0.3 is 16.8 Å². The number of hydrogen-bond donors (Lipinski definition) is 3. The highest BCUT2D eigenvalue weighted by atomic mass is 16.2. The van der Waals surface area contributed by atoms with Crippen molar-refractivity contribution >= 4 is 5.91 Å². The molecule has 0 heterocycles. The molecule has 3 fully saturated rings. The second kappa shape index (κ2) is 5.64. The predicted octanol–water partition coefficient (Wildman–Crippen LogP) is 1.53. The lowest BCUT2D eigenvalue weighted by Gasteiger charge is -2.44. The fourth-order valence-corrected chi connectivity index (χ4v) is 4.80. The third-order valence-electron chi connectivity index (χ3n) is 6.12. The lowest BCUT2D eigenvalue weighted by Crippen LogP contribution is -2.55. The largest absolute Gasteiger partial charge is 0.349 e. The van der Waals surface area contributed by atoms with E-state index in [9.17, 15) is 4.79 Å². The molecule has 4 heteroatoms. The first-order valence-electron chi connectivity index (χ1n) is 8.41. The van der Waals surface area contributed by atoms with E-state index in [0.717, 1.165) is 25.7 Å². The van der Waals surface area contributed by atoms with Gasteiger partial charge in [-0.05, 0) is 50.4 Å². The van der Waals surface area contributed by atoms with Crippen LogP contribution in [0, 0.1) is 17.8 Å². The zero-order chi connectivity index (χ0) is 14.2. The van der Waals surface area contributed by atoms with Gasteiger partial charge in [-0.15, -0.1) is 0 Å². The average Bonchev–Trinajstić information content (AvgIpc) is 2.87. The van der Waals surface area contributed by atoms with Crippen molar-refractivity contribution in [2.24, 2.45) is 29.2 Å². The van der Waals surface area contributed by atoms with Gasteiger partial charge in [0.1, 0.15) is 0 Å². The lowest BCUT2D eigenvalue weighted by atomic mass is 9.65.